The van der Waals surface area contributed by atoms with E-state index >= 15 is 0 Å². The highest BCUT2D eigenvalue weighted by Crippen LogP contribution is 2.16. The molecule has 0 N–H and O–H groups in total. The van der Waals surface area contributed by atoms with E-state index < -0.39 is 0 Å². The van der Waals surface area contributed by atoms with Gasteiger partial charge in [-0.15, -0.1) is 0 Å². The van der Waals surface area contributed by atoms with Gasteiger partial charge in [0.25, 0.3) is 0 Å². The van der Waals surface area contributed by atoms with E-state index in [1.165, 1.54) is 22.3 Å². The van der Waals surface area contributed by atoms with Gasteiger partial charge in [-0.05, 0) is 42.5 Å². The van der Waals surface area contributed by atoms with Gasteiger partial charge in [0, 0.05) is 0 Å². The van der Waals surface area contributed by atoms with Crippen molar-refractivity contribution in [3.05, 3.63) is 77.4 Å². The van der Waals surface area contributed by atoms with Gasteiger partial charge in [0.1, 0.15) is 0 Å². The fraction of sp³-hybridized carbons (Fsp3) is 0.222. The zero-order valence-corrected chi connectivity index (χ0v) is 11.6. The second-order valence-electron chi connectivity index (χ2n) is 4.23. The molecule has 0 bridgehead atoms. The number of benzene rings is 1. The number of allylic oxidation sites excluding steroid dienone is 6. The third-order valence-electron chi connectivity index (χ3n) is 2.98. The van der Waals surface area contributed by atoms with E-state index in [0.717, 1.165) is 6.42 Å². The van der Waals surface area contributed by atoms with Gasteiger partial charge < -0.3 is 0 Å². The minimum Gasteiger partial charge on any atom is -0.0988 e. The largest absolute Gasteiger partial charge is 0.0988 e. The van der Waals surface area contributed by atoms with Gasteiger partial charge in [0.05, 0.1) is 0 Å². The molecule has 1 aromatic rings. The summed E-state index contributed by atoms with van der Waals surface area (Å²) in [5.41, 5.74) is 5.07. The molecule has 0 unspecified atom stereocenters. The average molecular weight is 238 g/mol. The van der Waals surface area contributed by atoms with E-state index in [1.54, 1.807) is 0 Å². The predicted octanol–water partition coefficient (Wildman–Crippen LogP) is 5.48. The molecule has 0 atom stereocenters. The first-order valence-electron chi connectivity index (χ1n) is 6.44. The first-order chi connectivity index (χ1) is 8.72. The molecule has 0 fully saturated rings. The molecular formula is C18H22. The van der Waals surface area contributed by atoms with E-state index in [1.807, 2.05) is 13.0 Å². The zero-order chi connectivity index (χ0) is 13.4. The summed E-state index contributed by atoms with van der Waals surface area (Å²) in [5, 5.41) is 0. The van der Waals surface area contributed by atoms with Crippen molar-refractivity contribution >= 4 is 6.08 Å². The maximum absolute atomic E-state index is 3.88. The van der Waals surface area contributed by atoms with Gasteiger partial charge >= 0.3 is 0 Å². The molecule has 0 heteroatoms. The lowest BCUT2D eigenvalue weighted by atomic mass is 10.0. The van der Waals surface area contributed by atoms with E-state index in [0.29, 0.717) is 0 Å². The molecule has 0 nitrogen and oxygen atoms in total. The summed E-state index contributed by atoms with van der Waals surface area (Å²) in [4.78, 5) is 0. The van der Waals surface area contributed by atoms with Crippen LogP contribution in [0.5, 0.6) is 0 Å². The summed E-state index contributed by atoms with van der Waals surface area (Å²) in [6.07, 6.45) is 11.5. The van der Waals surface area contributed by atoms with Crippen LogP contribution in [0, 0.1) is 6.92 Å². The summed E-state index contributed by atoms with van der Waals surface area (Å²) >= 11 is 0. The van der Waals surface area contributed by atoms with Gasteiger partial charge in [-0.2, -0.15) is 0 Å². The zero-order valence-electron chi connectivity index (χ0n) is 11.6. The minimum absolute atomic E-state index is 1.00. The van der Waals surface area contributed by atoms with Crippen LogP contribution >= 0.6 is 0 Å². The Morgan fingerprint density at radius 1 is 1.22 bits per heavy atom. The molecule has 0 spiro atoms. The Hall–Kier alpha value is -1.82. The van der Waals surface area contributed by atoms with Gasteiger partial charge in [0.15, 0.2) is 0 Å². The Morgan fingerprint density at radius 2 is 1.94 bits per heavy atom. The minimum atomic E-state index is 1.00. The summed E-state index contributed by atoms with van der Waals surface area (Å²) < 4.78 is 0. The Morgan fingerprint density at radius 3 is 2.50 bits per heavy atom. The van der Waals surface area contributed by atoms with E-state index in [9.17, 15) is 0 Å². The van der Waals surface area contributed by atoms with Crippen LogP contribution in [0.1, 0.15) is 31.4 Å². The van der Waals surface area contributed by atoms with Crippen molar-refractivity contribution in [2.45, 2.75) is 27.2 Å². The van der Waals surface area contributed by atoms with Crippen molar-refractivity contribution in [2.24, 2.45) is 0 Å². The summed E-state index contributed by atoms with van der Waals surface area (Å²) in [5.74, 6) is 0. The Labute approximate surface area is 111 Å². The molecule has 1 aromatic carbocycles. The highest BCUT2D eigenvalue weighted by atomic mass is 14.0. The fourth-order valence-electron chi connectivity index (χ4n) is 1.87. The summed E-state index contributed by atoms with van der Waals surface area (Å²) in [6, 6.07) is 8.40. The molecule has 94 valence electrons. The highest BCUT2D eigenvalue weighted by Gasteiger charge is 1.96. The molecular weight excluding hydrogens is 216 g/mol. The normalized spacial score (nSPS) is 13.1. The molecule has 0 aromatic heterocycles. The van der Waals surface area contributed by atoms with Crippen LogP contribution in [0.4, 0.5) is 0 Å². The van der Waals surface area contributed by atoms with Crippen molar-refractivity contribution in [3.8, 4) is 0 Å². The molecule has 0 saturated carbocycles. The van der Waals surface area contributed by atoms with Crippen molar-refractivity contribution in [3.63, 3.8) is 0 Å². The van der Waals surface area contributed by atoms with Crippen LogP contribution in [-0.2, 0) is 0 Å². The topological polar surface area (TPSA) is 0 Å². The number of rotatable bonds is 5. The van der Waals surface area contributed by atoms with E-state index in [-0.39, 0.29) is 0 Å². The monoisotopic (exact) mass is 238 g/mol. The smallest absolute Gasteiger partial charge is 0.0227 e. The van der Waals surface area contributed by atoms with E-state index in [4.69, 9.17) is 0 Å². The Bertz CT molecular complexity index is 485. The summed E-state index contributed by atoms with van der Waals surface area (Å²) in [7, 11) is 0. The lowest BCUT2D eigenvalue weighted by Gasteiger charge is -2.03. The predicted molar refractivity (Wildman–Crippen MR) is 82.5 cm³/mol. The van der Waals surface area contributed by atoms with Crippen LogP contribution < -0.4 is 0 Å². The second-order valence-corrected chi connectivity index (χ2v) is 4.23. The van der Waals surface area contributed by atoms with Crippen molar-refractivity contribution < 1.29 is 0 Å². The molecule has 0 saturated heterocycles. The molecule has 0 heterocycles. The van der Waals surface area contributed by atoms with Crippen molar-refractivity contribution in [1.82, 2.24) is 0 Å². The van der Waals surface area contributed by atoms with Crippen LogP contribution in [0.25, 0.3) is 6.08 Å². The van der Waals surface area contributed by atoms with Crippen LogP contribution in [0.15, 0.2) is 66.3 Å². The number of aryl methyl sites for hydroxylation is 1. The van der Waals surface area contributed by atoms with Crippen molar-refractivity contribution in [1.29, 1.82) is 0 Å². The molecule has 0 amide bonds. The van der Waals surface area contributed by atoms with Gasteiger partial charge in [-0.1, -0.05) is 68.1 Å². The second kappa shape index (κ2) is 7.50. The molecule has 1 rings (SSSR count). The van der Waals surface area contributed by atoms with Crippen LogP contribution in [0.3, 0.4) is 0 Å². The highest BCUT2D eigenvalue weighted by molar-refractivity contribution is 5.59. The first-order valence-corrected chi connectivity index (χ1v) is 6.44. The third kappa shape index (κ3) is 3.89. The third-order valence-corrected chi connectivity index (χ3v) is 2.98. The SMILES string of the molecule is C=C/C(CC)=C(\C=C/C)/C=C/c1ccccc1C. The van der Waals surface area contributed by atoms with Crippen LogP contribution in [0.2, 0.25) is 0 Å². The maximum atomic E-state index is 3.88. The fourth-order valence-corrected chi connectivity index (χ4v) is 1.87. The van der Waals surface area contributed by atoms with Gasteiger partial charge in [-0.25, -0.2) is 0 Å². The lowest BCUT2D eigenvalue weighted by Crippen LogP contribution is -1.83. The van der Waals surface area contributed by atoms with Crippen molar-refractivity contribution in [2.75, 3.05) is 0 Å². The molecule has 0 radical (unpaired) electrons. The van der Waals surface area contributed by atoms with Gasteiger partial charge in [-0.3, -0.25) is 0 Å². The first kappa shape index (κ1) is 14.2. The molecule has 18 heavy (non-hydrogen) atoms. The Balaban J connectivity index is 3.09. The van der Waals surface area contributed by atoms with Gasteiger partial charge in [0.2, 0.25) is 0 Å². The molecule has 0 aliphatic heterocycles. The number of hydrogen-bond donors (Lipinski definition) is 0. The standard InChI is InChI=1S/C18H22/c1-5-10-18(16(6-2)7-3)14-13-17-12-9-8-11-15(17)4/h5-6,8-14H,2,7H2,1,3-4H3/b10-5-,14-13+,18-16-. The Kier molecular flexibility index (Phi) is 5.93. The van der Waals surface area contributed by atoms with Crippen LogP contribution in [-0.4, -0.2) is 0 Å². The lowest BCUT2D eigenvalue weighted by molar-refractivity contribution is 1.14. The average Bonchev–Trinajstić information content (AvgIpc) is 2.39. The maximum Gasteiger partial charge on any atom is -0.0227 e. The number of hydrogen-bond acceptors (Lipinski definition) is 0. The van der Waals surface area contributed by atoms with E-state index in [2.05, 4.69) is 69.0 Å². The summed E-state index contributed by atoms with van der Waals surface area (Å²) in [6.45, 7) is 10.2. The molecule has 0 aliphatic carbocycles. The quantitative estimate of drug-likeness (QED) is 0.596. The molecule has 0 aliphatic rings.